The quantitative estimate of drug-likeness (QED) is 0.193. The molecule has 0 unspecified atom stereocenters. The summed E-state index contributed by atoms with van der Waals surface area (Å²) in [7, 11) is 1.22. The lowest BCUT2D eigenvalue weighted by atomic mass is 9.89. The van der Waals surface area contributed by atoms with Crippen LogP contribution in [0.4, 0.5) is 0 Å². The van der Waals surface area contributed by atoms with Gasteiger partial charge in [0.2, 0.25) is 5.91 Å². The number of benzene rings is 1. The number of methoxy groups -OCH3 is 1. The van der Waals surface area contributed by atoms with Crippen LogP contribution in [0.1, 0.15) is 108 Å². The van der Waals surface area contributed by atoms with Crippen LogP contribution in [0.15, 0.2) is 30.3 Å². The van der Waals surface area contributed by atoms with Crippen LogP contribution in [0.3, 0.4) is 0 Å². The average molecular weight is 748 g/mol. The Labute approximate surface area is 314 Å². The van der Waals surface area contributed by atoms with E-state index in [4.69, 9.17) is 28.4 Å². The Morgan fingerprint density at radius 1 is 0.660 bits per heavy atom. The van der Waals surface area contributed by atoms with Gasteiger partial charge in [-0.1, -0.05) is 30.3 Å². The summed E-state index contributed by atoms with van der Waals surface area (Å²) in [6, 6.07) is 8.03. The highest BCUT2D eigenvalue weighted by molar-refractivity contribution is 5.83. The summed E-state index contributed by atoms with van der Waals surface area (Å²) in [5.74, 6) is -3.64. The molecule has 1 aromatic carbocycles. The summed E-state index contributed by atoms with van der Waals surface area (Å²) in [6.07, 6.45) is -6.57. The fourth-order valence-corrected chi connectivity index (χ4v) is 5.13. The molecule has 1 saturated heterocycles. The van der Waals surface area contributed by atoms with E-state index in [1.165, 1.54) is 18.9 Å². The van der Waals surface area contributed by atoms with Crippen LogP contribution in [-0.4, -0.2) is 90.9 Å². The average Bonchev–Trinajstić information content (AvgIpc) is 3.03. The lowest BCUT2D eigenvalue weighted by molar-refractivity contribution is -0.261. The summed E-state index contributed by atoms with van der Waals surface area (Å²) >= 11 is 0. The molecule has 1 heterocycles. The predicted molar refractivity (Wildman–Crippen MR) is 195 cm³/mol. The summed E-state index contributed by atoms with van der Waals surface area (Å²) in [6.45, 7) is 20.9. The second-order valence-electron chi connectivity index (χ2n) is 17.7. The highest BCUT2D eigenvalue weighted by atomic mass is 16.7. The van der Waals surface area contributed by atoms with E-state index in [1.807, 2.05) is 30.3 Å². The molecule has 1 aromatic rings. The first-order valence-corrected chi connectivity index (χ1v) is 18.0. The van der Waals surface area contributed by atoms with Gasteiger partial charge in [-0.25, -0.2) is 4.79 Å². The van der Waals surface area contributed by atoms with Gasteiger partial charge in [0.15, 0.2) is 18.3 Å². The van der Waals surface area contributed by atoms with Gasteiger partial charge in [-0.15, -0.1) is 0 Å². The van der Waals surface area contributed by atoms with Crippen LogP contribution in [0.2, 0.25) is 0 Å². The normalized spacial score (nSPS) is 21.4. The van der Waals surface area contributed by atoms with Crippen molar-refractivity contribution < 1.29 is 57.2 Å². The minimum atomic E-state index is -1.43. The van der Waals surface area contributed by atoms with Crippen LogP contribution in [0.5, 0.6) is 0 Å². The minimum Gasteiger partial charge on any atom is -0.467 e. The fourth-order valence-electron chi connectivity index (χ4n) is 5.13. The van der Waals surface area contributed by atoms with E-state index < -0.39 is 94.7 Å². The number of amides is 1. The van der Waals surface area contributed by atoms with Gasteiger partial charge in [-0.05, 0) is 101 Å². The fraction of sp³-hybridized carbons (Fsp3) is 0.700. The van der Waals surface area contributed by atoms with Crippen molar-refractivity contribution in [3.05, 3.63) is 35.9 Å². The van der Waals surface area contributed by atoms with Gasteiger partial charge in [-0.2, -0.15) is 0 Å². The molecular formula is C40H61NO12. The van der Waals surface area contributed by atoms with Crippen molar-refractivity contribution in [1.82, 2.24) is 4.90 Å². The monoisotopic (exact) mass is 747 g/mol. The molecule has 53 heavy (non-hydrogen) atoms. The Morgan fingerprint density at radius 2 is 1.09 bits per heavy atom. The SMILES string of the molecule is COC(=O)[C@H](CC[C@H]1O[C@H](COC(=O)C(C)(C)C)[C@@H](OC(=O)C(C)(C)C)[C@H](OC(=O)C(C)(C)C)[C@H]1OC(=O)C(C)(C)C)N(Cc1ccccc1)C(C)=O. The first-order valence-electron chi connectivity index (χ1n) is 18.0. The number of hydrogen-bond acceptors (Lipinski definition) is 12. The minimum absolute atomic E-state index is 0.0335. The first-order chi connectivity index (χ1) is 24.2. The maximum absolute atomic E-state index is 13.6. The molecule has 1 aliphatic rings. The molecule has 13 nitrogen and oxygen atoms in total. The van der Waals surface area contributed by atoms with Gasteiger partial charge in [0.1, 0.15) is 18.8 Å². The van der Waals surface area contributed by atoms with Gasteiger partial charge in [-0.3, -0.25) is 24.0 Å². The molecule has 0 saturated carbocycles. The van der Waals surface area contributed by atoms with E-state index >= 15 is 0 Å². The molecule has 0 aromatic heterocycles. The maximum atomic E-state index is 13.6. The van der Waals surface area contributed by atoms with Gasteiger partial charge in [0.05, 0.1) is 34.9 Å². The Kier molecular flexibility index (Phi) is 15.2. The van der Waals surface area contributed by atoms with E-state index in [1.54, 1.807) is 83.1 Å². The third kappa shape index (κ3) is 13.1. The number of ether oxygens (including phenoxy) is 6. The Balaban J connectivity index is 2.75. The smallest absolute Gasteiger partial charge is 0.328 e. The number of rotatable bonds is 12. The van der Waals surface area contributed by atoms with E-state index in [0.29, 0.717) is 0 Å². The summed E-state index contributed by atoms with van der Waals surface area (Å²) < 4.78 is 35.6. The summed E-state index contributed by atoms with van der Waals surface area (Å²) in [4.78, 5) is 81.3. The van der Waals surface area contributed by atoms with Gasteiger partial charge < -0.3 is 33.3 Å². The van der Waals surface area contributed by atoms with Crippen LogP contribution in [0.25, 0.3) is 0 Å². The van der Waals surface area contributed by atoms with Crippen LogP contribution in [0, 0.1) is 21.7 Å². The predicted octanol–water partition coefficient (Wildman–Crippen LogP) is 5.59. The lowest BCUT2D eigenvalue weighted by Crippen LogP contribution is -2.63. The van der Waals surface area contributed by atoms with Gasteiger partial charge in [0, 0.05) is 13.5 Å². The second-order valence-corrected chi connectivity index (χ2v) is 17.7. The molecule has 1 amide bonds. The highest BCUT2D eigenvalue weighted by Gasteiger charge is 2.54. The first kappa shape index (κ1) is 45.2. The standard InChI is InChI=1S/C40H61NO12/c1-24(42)41(22-25-18-16-15-17-19-25)26(32(43)48-14)20-21-27-29(51-34(45)38(5,6)7)31(53-36(47)40(11,12)13)30(52-35(46)39(8,9)10)28(50-27)23-49-33(44)37(2,3)4/h15-19,26-31H,20-23H2,1-14H3/t26-,27+,28+,29-,30+,31+/m0/s1. The number of carbonyl (C=O) groups is 6. The van der Waals surface area contributed by atoms with Gasteiger partial charge >= 0.3 is 29.8 Å². The van der Waals surface area contributed by atoms with Crippen LogP contribution >= 0.6 is 0 Å². The van der Waals surface area contributed by atoms with E-state index in [2.05, 4.69) is 0 Å². The Bertz CT molecular complexity index is 1440. The Morgan fingerprint density at radius 3 is 1.51 bits per heavy atom. The van der Waals surface area contributed by atoms with Crippen molar-refractivity contribution in [1.29, 1.82) is 0 Å². The number of nitrogens with zero attached hydrogens (tertiary/aromatic N) is 1. The molecule has 0 bridgehead atoms. The topological polar surface area (TPSA) is 161 Å². The molecule has 0 N–H and O–H groups in total. The van der Waals surface area contributed by atoms with Crippen LogP contribution < -0.4 is 0 Å². The molecule has 0 aliphatic carbocycles. The summed E-state index contributed by atoms with van der Waals surface area (Å²) in [5.41, 5.74) is -3.18. The Hall–Kier alpha value is -4.00. The van der Waals surface area contributed by atoms with Crippen LogP contribution in [-0.2, 0) is 63.7 Å². The molecule has 1 fully saturated rings. The van der Waals surface area contributed by atoms with Crippen molar-refractivity contribution in [2.75, 3.05) is 13.7 Å². The van der Waals surface area contributed by atoms with E-state index in [-0.39, 0.29) is 25.3 Å². The molecule has 6 atom stereocenters. The third-order valence-electron chi connectivity index (χ3n) is 8.46. The van der Waals surface area contributed by atoms with E-state index in [0.717, 1.165) is 5.56 Å². The molecule has 0 spiro atoms. The van der Waals surface area contributed by atoms with Crippen molar-refractivity contribution in [2.24, 2.45) is 21.7 Å². The number of hydrogen-bond donors (Lipinski definition) is 0. The zero-order valence-corrected chi connectivity index (χ0v) is 34.0. The summed E-state index contributed by atoms with van der Waals surface area (Å²) in [5, 5.41) is 0. The number of esters is 5. The highest BCUT2D eigenvalue weighted by Crippen LogP contribution is 2.36. The van der Waals surface area contributed by atoms with Crippen molar-refractivity contribution in [3.8, 4) is 0 Å². The van der Waals surface area contributed by atoms with Gasteiger partial charge in [0.25, 0.3) is 0 Å². The van der Waals surface area contributed by atoms with Crippen molar-refractivity contribution >= 4 is 35.8 Å². The maximum Gasteiger partial charge on any atom is 0.328 e. The molecule has 1 aliphatic heterocycles. The molecule has 2 rings (SSSR count). The zero-order chi connectivity index (χ0) is 40.7. The third-order valence-corrected chi connectivity index (χ3v) is 8.46. The molecule has 0 radical (unpaired) electrons. The second kappa shape index (κ2) is 17.9. The zero-order valence-electron chi connectivity index (χ0n) is 34.0. The van der Waals surface area contributed by atoms with Crippen molar-refractivity contribution in [2.45, 2.75) is 146 Å². The molecule has 13 heteroatoms. The number of carbonyl (C=O) groups excluding carboxylic acids is 6. The molecule has 298 valence electrons. The lowest BCUT2D eigenvalue weighted by Gasteiger charge is -2.46. The molecular weight excluding hydrogens is 686 g/mol. The largest absolute Gasteiger partial charge is 0.467 e. The van der Waals surface area contributed by atoms with Crippen molar-refractivity contribution in [3.63, 3.8) is 0 Å². The van der Waals surface area contributed by atoms with E-state index in [9.17, 15) is 28.8 Å².